The van der Waals surface area contributed by atoms with E-state index < -0.39 is 12.0 Å². The lowest BCUT2D eigenvalue weighted by Crippen LogP contribution is -2.35. The molecular formula is C12H15F2N. The van der Waals surface area contributed by atoms with Gasteiger partial charge in [-0.15, -0.1) is 0 Å². The summed E-state index contributed by atoms with van der Waals surface area (Å²) in [6.07, 6.45) is 3.00. The molecular weight excluding hydrogens is 196 g/mol. The van der Waals surface area contributed by atoms with Gasteiger partial charge in [-0.2, -0.15) is 8.78 Å². The van der Waals surface area contributed by atoms with Crippen LogP contribution in [0.15, 0.2) is 18.2 Å². The molecule has 3 heteroatoms. The van der Waals surface area contributed by atoms with Crippen molar-refractivity contribution in [3.8, 4) is 0 Å². The van der Waals surface area contributed by atoms with Crippen LogP contribution in [0.25, 0.3) is 0 Å². The molecule has 1 nitrogen and oxygen atoms in total. The fourth-order valence-corrected chi connectivity index (χ4v) is 2.04. The van der Waals surface area contributed by atoms with Crippen molar-refractivity contribution < 1.29 is 8.78 Å². The first-order valence-electron chi connectivity index (χ1n) is 5.27. The normalized spacial score (nSPS) is 17.6. The Kier molecular flexibility index (Phi) is 2.51. The third-order valence-electron chi connectivity index (χ3n) is 3.06. The number of alkyl halides is 2. The Hall–Kier alpha value is -0.960. The van der Waals surface area contributed by atoms with Crippen LogP contribution in [0.4, 0.5) is 8.78 Å². The Morgan fingerprint density at radius 3 is 2.60 bits per heavy atom. The lowest BCUT2D eigenvalue weighted by atomic mass is 9.98. The number of aryl methyl sites for hydroxylation is 2. The molecule has 1 aliphatic carbocycles. The molecule has 2 rings (SSSR count). The monoisotopic (exact) mass is 211 g/mol. The second kappa shape index (κ2) is 3.56. The second-order valence-electron chi connectivity index (χ2n) is 4.25. The summed E-state index contributed by atoms with van der Waals surface area (Å²) in [5.74, 6) is -2.92. The van der Waals surface area contributed by atoms with Gasteiger partial charge in [-0.3, -0.25) is 0 Å². The van der Waals surface area contributed by atoms with Crippen molar-refractivity contribution in [2.75, 3.05) is 0 Å². The zero-order chi connectivity index (χ0) is 11.1. The maximum atomic E-state index is 13.6. The first kappa shape index (κ1) is 10.6. The fraction of sp³-hybridized carbons (Fsp3) is 0.500. The first-order valence-corrected chi connectivity index (χ1v) is 5.27. The number of fused-ring (bicyclic) bond motifs is 1. The SMILES string of the molecule is CC(N)C(F)(F)c1ccc2c(c1)CCC2. The summed E-state index contributed by atoms with van der Waals surface area (Å²) in [6, 6.07) is 3.80. The minimum absolute atomic E-state index is 0.0538. The van der Waals surface area contributed by atoms with E-state index >= 15 is 0 Å². The van der Waals surface area contributed by atoms with Gasteiger partial charge in [-0.05, 0) is 43.4 Å². The third kappa shape index (κ3) is 1.76. The van der Waals surface area contributed by atoms with Gasteiger partial charge in [0, 0.05) is 5.56 Å². The van der Waals surface area contributed by atoms with E-state index in [2.05, 4.69) is 0 Å². The van der Waals surface area contributed by atoms with Crippen molar-refractivity contribution >= 4 is 0 Å². The number of rotatable bonds is 2. The van der Waals surface area contributed by atoms with Crippen LogP contribution in [0.1, 0.15) is 30.0 Å². The predicted octanol–water partition coefficient (Wildman–Crippen LogP) is 2.61. The van der Waals surface area contributed by atoms with Crippen LogP contribution in [0, 0.1) is 0 Å². The highest BCUT2D eigenvalue weighted by molar-refractivity contribution is 5.37. The largest absolute Gasteiger partial charge is 0.323 e. The average molecular weight is 211 g/mol. The zero-order valence-corrected chi connectivity index (χ0v) is 8.76. The molecule has 1 unspecified atom stereocenters. The number of benzene rings is 1. The molecule has 82 valence electrons. The van der Waals surface area contributed by atoms with Crippen molar-refractivity contribution in [1.29, 1.82) is 0 Å². The summed E-state index contributed by atoms with van der Waals surface area (Å²) < 4.78 is 27.2. The van der Waals surface area contributed by atoms with E-state index in [1.54, 1.807) is 6.07 Å². The van der Waals surface area contributed by atoms with E-state index in [4.69, 9.17) is 5.73 Å². The smallest absolute Gasteiger partial charge is 0.287 e. The van der Waals surface area contributed by atoms with Gasteiger partial charge >= 0.3 is 0 Å². The molecule has 1 atom stereocenters. The van der Waals surface area contributed by atoms with Gasteiger partial charge in [-0.25, -0.2) is 0 Å². The van der Waals surface area contributed by atoms with E-state index in [-0.39, 0.29) is 5.56 Å². The molecule has 15 heavy (non-hydrogen) atoms. The maximum absolute atomic E-state index is 13.6. The minimum atomic E-state index is -2.92. The lowest BCUT2D eigenvalue weighted by Gasteiger charge is -2.21. The summed E-state index contributed by atoms with van der Waals surface area (Å²) >= 11 is 0. The summed E-state index contributed by atoms with van der Waals surface area (Å²) in [4.78, 5) is 0. The van der Waals surface area contributed by atoms with Gasteiger partial charge in [0.15, 0.2) is 0 Å². The van der Waals surface area contributed by atoms with Crippen LogP contribution in [0.5, 0.6) is 0 Å². The highest BCUT2D eigenvalue weighted by atomic mass is 19.3. The van der Waals surface area contributed by atoms with Crippen LogP contribution < -0.4 is 5.73 Å². The first-order chi connectivity index (χ1) is 7.01. The van der Waals surface area contributed by atoms with Crippen molar-refractivity contribution in [2.45, 2.75) is 38.2 Å². The summed E-state index contributed by atoms with van der Waals surface area (Å²) in [5, 5.41) is 0. The molecule has 0 fully saturated rings. The Labute approximate surface area is 88.3 Å². The van der Waals surface area contributed by atoms with Crippen molar-refractivity contribution in [2.24, 2.45) is 5.73 Å². The van der Waals surface area contributed by atoms with E-state index in [9.17, 15) is 8.78 Å². The number of hydrogen-bond donors (Lipinski definition) is 1. The lowest BCUT2D eigenvalue weighted by molar-refractivity contribution is -0.0257. The summed E-state index contributed by atoms with van der Waals surface area (Å²) in [7, 11) is 0. The predicted molar refractivity (Wildman–Crippen MR) is 56.0 cm³/mol. The second-order valence-corrected chi connectivity index (χ2v) is 4.25. The molecule has 0 spiro atoms. The highest BCUT2D eigenvalue weighted by Crippen LogP contribution is 2.33. The molecule has 0 saturated heterocycles. The fourth-order valence-electron chi connectivity index (χ4n) is 2.04. The molecule has 1 aromatic carbocycles. The molecule has 0 radical (unpaired) electrons. The van der Waals surface area contributed by atoms with E-state index in [1.807, 2.05) is 6.07 Å². The molecule has 0 heterocycles. The van der Waals surface area contributed by atoms with Crippen molar-refractivity contribution in [1.82, 2.24) is 0 Å². The standard InChI is InChI=1S/C12H15F2N/c1-8(15)12(13,14)11-6-5-9-3-2-4-10(9)7-11/h5-8H,2-4,15H2,1H3. The minimum Gasteiger partial charge on any atom is -0.323 e. The zero-order valence-electron chi connectivity index (χ0n) is 8.76. The molecule has 0 amide bonds. The van der Waals surface area contributed by atoms with Crippen LogP contribution in [0.2, 0.25) is 0 Å². The van der Waals surface area contributed by atoms with E-state index in [1.165, 1.54) is 18.6 Å². The molecule has 1 aromatic rings. The van der Waals surface area contributed by atoms with Gasteiger partial charge in [0.25, 0.3) is 5.92 Å². The van der Waals surface area contributed by atoms with Crippen molar-refractivity contribution in [3.05, 3.63) is 34.9 Å². The molecule has 0 aliphatic heterocycles. The molecule has 0 saturated carbocycles. The van der Waals surface area contributed by atoms with Gasteiger partial charge < -0.3 is 5.73 Å². The molecule has 0 aromatic heterocycles. The van der Waals surface area contributed by atoms with E-state index in [0.717, 1.165) is 24.8 Å². The number of nitrogens with two attached hydrogens (primary N) is 1. The summed E-state index contributed by atoms with van der Waals surface area (Å²) in [6.45, 7) is 1.34. The van der Waals surface area contributed by atoms with Crippen LogP contribution in [-0.2, 0) is 18.8 Å². The Morgan fingerprint density at radius 1 is 1.27 bits per heavy atom. The quantitative estimate of drug-likeness (QED) is 0.799. The average Bonchev–Trinajstić information content (AvgIpc) is 2.63. The number of hydrogen-bond acceptors (Lipinski definition) is 1. The summed E-state index contributed by atoms with van der Waals surface area (Å²) in [5.41, 5.74) is 7.62. The third-order valence-corrected chi connectivity index (χ3v) is 3.06. The number of halogens is 2. The van der Waals surface area contributed by atoms with E-state index in [0.29, 0.717) is 0 Å². The van der Waals surface area contributed by atoms with Crippen LogP contribution >= 0.6 is 0 Å². The molecule has 1 aliphatic rings. The van der Waals surface area contributed by atoms with Crippen LogP contribution in [-0.4, -0.2) is 6.04 Å². The Balaban J connectivity index is 2.38. The van der Waals surface area contributed by atoms with Crippen molar-refractivity contribution in [3.63, 3.8) is 0 Å². The maximum Gasteiger partial charge on any atom is 0.287 e. The van der Waals surface area contributed by atoms with Gasteiger partial charge in [-0.1, -0.05) is 12.1 Å². The van der Waals surface area contributed by atoms with Crippen LogP contribution in [0.3, 0.4) is 0 Å². The highest BCUT2D eigenvalue weighted by Gasteiger charge is 2.36. The Morgan fingerprint density at radius 2 is 1.93 bits per heavy atom. The van der Waals surface area contributed by atoms with Gasteiger partial charge in [0.05, 0.1) is 6.04 Å². The Bertz CT molecular complexity index is 372. The molecule has 2 N–H and O–H groups in total. The molecule has 0 bridgehead atoms. The van der Waals surface area contributed by atoms with Gasteiger partial charge in [0.1, 0.15) is 0 Å². The topological polar surface area (TPSA) is 26.0 Å². The van der Waals surface area contributed by atoms with Gasteiger partial charge in [0.2, 0.25) is 0 Å².